The van der Waals surface area contributed by atoms with E-state index in [1.165, 1.54) is 0 Å². The highest BCUT2D eigenvalue weighted by molar-refractivity contribution is 7.21. The van der Waals surface area contributed by atoms with Gasteiger partial charge in [-0.2, -0.15) is 0 Å². The van der Waals surface area contributed by atoms with E-state index in [0.717, 1.165) is 32.0 Å². The van der Waals surface area contributed by atoms with Gasteiger partial charge in [-0.3, -0.25) is 0 Å². The predicted octanol–water partition coefficient (Wildman–Crippen LogP) is 6.57. The summed E-state index contributed by atoms with van der Waals surface area (Å²) in [7, 11) is 0. The minimum absolute atomic E-state index is 0.334. The van der Waals surface area contributed by atoms with Crippen LogP contribution in [0.2, 0.25) is 5.02 Å². The van der Waals surface area contributed by atoms with Crippen LogP contribution < -0.4 is 10.6 Å². The molecule has 0 radical (unpaired) electrons. The van der Waals surface area contributed by atoms with Crippen LogP contribution in [0.25, 0.3) is 20.8 Å². The summed E-state index contributed by atoms with van der Waals surface area (Å²) in [6.07, 6.45) is 0. The molecule has 1 heterocycles. The summed E-state index contributed by atoms with van der Waals surface area (Å²) in [6.45, 7) is 1.96. The first-order valence-electron chi connectivity index (χ1n) is 8.39. The quantitative estimate of drug-likeness (QED) is 0.413. The van der Waals surface area contributed by atoms with Gasteiger partial charge < -0.3 is 10.6 Å². The normalized spacial score (nSPS) is 10.7. The standard InChI is InChI=1S/C21H16ClN3OS/c1-13-12-14(20-23-18-8-4-5-9-19(18)27-20)10-11-16(13)24-21(26)25-17-7-3-2-6-15(17)22/h2-12H,1H3,(H2,24,25,26). The van der Waals surface area contributed by atoms with Crippen molar-refractivity contribution in [1.29, 1.82) is 0 Å². The summed E-state index contributed by atoms with van der Waals surface area (Å²) in [6, 6.07) is 20.8. The molecule has 0 spiro atoms. The molecule has 3 aromatic carbocycles. The SMILES string of the molecule is Cc1cc(-c2nc3ccccc3s2)ccc1NC(=O)Nc1ccccc1Cl. The van der Waals surface area contributed by atoms with Crippen molar-refractivity contribution in [3.63, 3.8) is 0 Å². The zero-order valence-corrected chi connectivity index (χ0v) is 16.1. The highest BCUT2D eigenvalue weighted by Crippen LogP contribution is 2.32. The summed E-state index contributed by atoms with van der Waals surface area (Å²) in [5.41, 5.74) is 4.30. The fraction of sp³-hybridized carbons (Fsp3) is 0.0476. The Bertz CT molecular complexity index is 1110. The van der Waals surface area contributed by atoms with Crippen LogP contribution >= 0.6 is 22.9 Å². The molecule has 0 fully saturated rings. The molecule has 0 atom stereocenters. The van der Waals surface area contributed by atoms with Crippen LogP contribution in [0.15, 0.2) is 66.7 Å². The Morgan fingerprint density at radius 3 is 2.48 bits per heavy atom. The summed E-state index contributed by atoms with van der Waals surface area (Å²) in [5.74, 6) is 0. The number of aryl methyl sites for hydroxylation is 1. The minimum atomic E-state index is -0.334. The molecule has 0 aliphatic rings. The largest absolute Gasteiger partial charge is 0.323 e. The van der Waals surface area contributed by atoms with Gasteiger partial charge in [-0.25, -0.2) is 9.78 Å². The van der Waals surface area contributed by atoms with Gasteiger partial charge in [-0.15, -0.1) is 11.3 Å². The third kappa shape index (κ3) is 3.79. The number of carbonyl (C=O) groups excluding carboxylic acids is 1. The molecule has 0 saturated carbocycles. The summed E-state index contributed by atoms with van der Waals surface area (Å²) >= 11 is 7.73. The van der Waals surface area contributed by atoms with E-state index in [9.17, 15) is 4.79 Å². The first-order chi connectivity index (χ1) is 13.1. The molecule has 4 aromatic rings. The molecule has 27 heavy (non-hydrogen) atoms. The van der Waals surface area contributed by atoms with Crippen molar-refractivity contribution in [2.45, 2.75) is 6.92 Å². The fourth-order valence-corrected chi connectivity index (χ4v) is 3.92. The number of carbonyl (C=O) groups is 1. The number of fused-ring (bicyclic) bond motifs is 1. The number of nitrogens with zero attached hydrogens (tertiary/aromatic N) is 1. The van der Waals surface area contributed by atoms with Gasteiger partial charge in [0.1, 0.15) is 5.01 Å². The van der Waals surface area contributed by atoms with Crippen LogP contribution in [0.1, 0.15) is 5.56 Å². The Morgan fingerprint density at radius 2 is 1.70 bits per heavy atom. The molecular weight excluding hydrogens is 378 g/mol. The molecule has 4 rings (SSSR count). The van der Waals surface area contributed by atoms with E-state index in [1.807, 2.05) is 55.5 Å². The third-order valence-corrected chi connectivity index (χ3v) is 5.55. The van der Waals surface area contributed by atoms with E-state index in [2.05, 4.69) is 21.7 Å². The first kappa shape index (κ1) is 17.5. The molecule has 0 saturated heterocycles. The van der Waals surface area contributed by atoms with Crippen molar-refractivity contribution >= 4 is 50.6 Å². The lowest BCUT2D eigenvalue weighted by molar-refractivity contribution is 0.262. The highest BCUT2D eigenvalue weighted by Gasteiger charge is 2.10. The molecule has 0 aliphatic carbocycles. The molecule has 6 heteroatoms. The van der Waals surface area contributed by atoms with Gasteiger partial charge >= 0.3 is 6.03 Å². The summed E-state index contributed by atoms with van der Waals surface area (Å²) in [5, 5.41) is 7.08. The van der Waals surface area contributed by atoms with Gasteiger partial charge in [0, 0.05) is 11.3 Å². The predicted molar refractivity (Wildman–Crippen MR) is 114 cm³/mol. The van der Waals surface area contributed by atoms with Gasteiger partial charge in [0.05, 0.1) is 20.9 Å². The van der Waals surface area contributed by atoms with E-state index in [4.69, 9.17) is 11.6 Å². The number of anilines is 2. The van der Waals surface area contributed by atoms with Crippen molar-refractivity contribution in [3.8, 4) is 10.6 Å². The molecule has 2 amide bonds. The molecule has 4 nitrogen and oxygen atoms in total. The highest BCUT2D eigenvalue weighted by atomic mass is 35.5. The lowest BCUT2D eigenvalue weighted by atomic mass is 10.1. The monoisotopic (exact) mass is 393 g/mol. The smallest absolute Gasteiger partial charge is 0.307 e. The number of benzene rings is 3. The van der Waals surface area contributed by atoms with E-state index < -0.39 is 0 Å². The topological polar surface area (TPSA) is 54.0 Å². The van der Waals surface area contributed by atoms with Crippen LogP contribution in [0.4, 0.5) is 16.2 Å². The molecule has 0 bridgehead atoms. The minimum Gasteiger partial charge on any atom is -0.307 e. The van der Waals surface area contributed by atoms with E-state index in [-0.39, 0.29) is 6.03 Å². The number of amides is 2. The van der Waals surface area contributed by atoms with Gasteiger partial charge in [0.2, 0.25) is 0 Å². The van der Waals surface area contributed by atoms with Gasteiger partial charge in [-0.1, -0.05) is 35.9 Å². The van der Waals surface area contributed by atoms with Crippen molar-refractivity contribution in [1.82, 2.24) is 4.98 Å². The Balaban J connectivity index is 1.53. The maximum absolute atomic E-state index is 12.3. The van der Waals surface area contributed by atoms with Crippen LogP contribution in [0, 0.1) is 6.92 Å². The van der Waals surface area contributed by atoms with Crippen molar-refractivity contribution < 1.29 is 4.79 Å². The number of urea groups is 1. The molecule has 2 N–H and O–H groups in total. The molecule has 0 aliphatic heterocycles. The number of nitrogens with one attached hydrogen (secondary N) is 2. The van der Waals surface area contributed by atoms with E-state index >= 15 is 0 Å². The fourth-order valence-electron chi connectivity index (χ4n) is 2.77. The first-order valence-corrected chi connectivity index (χ1v) is 9.59. The second-order valence-corrected chi connectivity index (χ2v) is 7.51. The Labute approximate surface area is 165 Å². The van der Waals surface area contributed by atoms with Crippen molar-refractivity contribution in [3.05, 3.63) is 77.3 Å². The maximum Gasteiger partial charge on any atom is 0.323 e. The molecule has 134 valence electrons. The summed E-state index contributed by atoms with van der Waals surface area (Å²) in [4.78, 5) is 17.0. The number of aromatic nitrogens is 1. The van der Waals surface area contributed by atoms with Crippen LogP contribution in [-0.4, -0.2) is 11.0 Å². The third-order valence-electron chi connectivity index (χ3n) is 4.14. The van der Waals surface area contributed by atoms with E-state index in [0.29, 0.717) is 10.7 Å². The second kappa shape index (κ2) is 7.39. The molecular formula is C21H16ClN3OS. The number of hydrogen-bond donors (Lipinski definition) is 2. The Kier molecular flexibility index (Phi) is 4.79. The maximum atomic E-state index is 12.3. The lowest BCUT2D eigenvalue weighted by Crippen LogP contribution is -2.20. The molecule has 0 unspecified atom stereocenters. The summed E-state index contributed by atoms with van der Waals surface area (Å²) < 4.78 is 1.16. The Hall–Kier alpha value is -2.89. The average Bonchev–Trinajstić information content (AvgIpc) is 3.09. The molecule has 1 aromatic heterocycles. The number of halogens is 1. The number of para-hydroxylation sites is 2. The Morgan fingerprint density at radius 1 is 0.963 bits per heavy atom. The average molecular weight is 394 g/mol. The van der Waals surface area contributed by atoms with Gasteiger partial charge in [0.25, 0.3) is 0 Å². The zero-order chi connectivity index (χ0) is 18.8. The van der Waals surface area contributed by atoms with Gasteiger partial charge in [0.15, 0.2) is 0 Å². The number of rotatable bonds is 3. The number of hydrogen-bond acceptors (Lipinski definition) is 3. The van der Waals surface area contributed by atoms with Crippen LogP contribution in [0.5, 0.6) is 0 Å². The van der Waals surface area contributed by atoms with E-state index in [1.54, 1.807) is 23.5 Å². The van der Waals surface area contributed by atoms with Gasteiger partial charge in [-0.05, 0) is 55.0 Å². The lowest BCUT2D eigenvalue weighted by Gasteiger charge is -2.11. The van der Waals surface area contributed by atoms with Crippen molar-refractivity contribution in [2.24, 2.45) is 0 Å². The van der Waals surface area contributed by atoms with Crippen molar-refractivity contribution in [2.75, 3.05) is 10.6 Å². The second-order valence-electron chi connectivity index (χ2n) is 6.08. The number of thiazole rings is 1. The zero-order valence-electron chi connectivity index (χ0n) is 14.5. The van der Waals surface area contributed by atoms with Crippen LogP contribution in [0.3, 0.4) is 0 Å². The van der Waals surface area contributed by atoms with Crippen LogP contribution in [-0.2, 0) is 0 Å².